The number of aliphatic hydroxyl groups is 1. The zero-order valence-corrected chi connectivity index (χ0v) is 9.31. The van der Waals surface area contributed by atoms with Crippen LogP contribution >= 0.6 is 11.8 Å². The maximum absolute atomic E-state index is 13.9. The summed E-state index contributed by atoms with van der Waals surface area (Å²) in [7, 11) is 1.43. The van der Waals surface area contributed by atoms with Crippen molar-refractivity contribution in [1.29, 1.82) is 0 Å². The molecule has 0 aromatic heterocycles. The number of halogens is 1. The van der Waals surface area contributed by atoms with Gasteiger partial charge in [-0.3, -0.25) is 0 Å². The summed E-state index contributed by atoms with van der Waals surface area (Å²) in [5, 5.41) is 10.2. The number of hydrogen-bond donors (Lipinski definition) is 1. The zero-order valence-electron chi connectivity index (χ0n) is 8.50. The highest BCUT2D eigenvalue weighted by atomic mass is 32.2. The van der Waals surface area contributed by atoms with Gasteiger partial charge in [-0.15, -0.1) is 0 Å². The third-order valence-electron chi connectivity index (χ3n) is 2.69. The van der Waals surface area contributed by atoms with Crippen molar-refractivity contribution in [3.05, 3.63) is 29.6 Å². The average molecular weight is 228 g/mol. The molecule has 2 rings (SSSR count). The molecule has 0 bridgehead atoms. The first-order valence-electron chi connectivity index (χ1n) is 4.80. The van der Waals surface area contributed by atoms with Gasteiger partial charge in [0.15, 0.2) is 11.6 Å². The van der Waals surface area contributed by atoms with Gasteiger partial charge in [0.1, 0.15) is 5.60 Å². The topological polar surface area (TPSA) is 29.5 Å². The fourth-order valence-electron chi connectivity index (χ4n) is 1.79. The Hall–Kier alpha value is -0.740. The van der Waals surface area contributed by atoms with Crippen LogP contribution in [0.3, 0.4) is 0 Å². The second kappa shape index (κ2) is 4.02. The second-order valence-corrected chi connectivity index (χ2v) is 4.76. The quantitative estimate of drug-likeness (QED) is 0.841. The Morgan fingerprint density at radius 2 is 2.33 bits per heavy atom. The molecule has 1 saturated heterocycles. The Morgan fingerprint density at radius 3 is 2.93 bits per heavy atom. The molecule has 1 atom stereocenters. The van der Waals surface area contributed by atoms with Gasteiger partial charge in [-0.2, -0.15) is 11.8 Å². The van der Waals surface area contributed by atoms with E-state index in [1.807, 2.05) is 0 Å². The molecule has 0 aliphatic carbocycles. The molecule has 1 N–H and O–H groups in total. The van der Waals surface area contributed by atoms with Gasteiger partial charge >= 0.3 is 0 Å². The van der Waals surface area contributed by atoms with Crippen LogP contribution < -0.4 is 4.74 Å². The van der Waals surface area contributed by atoms with Crippen LogP contribution in [0.5, 0.6) is 5.75 Å². The molecule has 1 aromatic carbocycles. The molecule has 2 nitrogen and oxygen atoms in total. The Labute approximate surface area is 92.4 Å². The Kier molecular flexibility index (Phi) is 2.89. The molecule has 1 unspecified atom stereocenters. The van der Waals surface area contributed by atoms with Gasteiger partial charge in [-0.05, 0) is 18.2 Å². The molecular weight excluding hydrogens is 215 g/mol. The summed E-state index contributed by atoms with van der Waals surface area (Å²) in [4.78, 5) is 0. The van der Waals surface area contributed by atoms with E-state index >= 15 is 0 Å². The number of benzene rings is 1. The minimum Gasteiger partial charge on any atom is -0.494 e. The van der Waals surface area contributed by atoms with E-state index in [9.17, 15) is 9.50 Å². The van der Waals surface area contributed by atoms with Crippen molar-refractivity contribution in [1.82, 2.24) is 0 Å². The van der Waals surface area contributed by atoms with E-state index in [1.54, 1.807) is 30.0 Å². The molecule has 4 heteroatoms. The van der Waals surface area contributed by atoms with Crippen LogP contribution in [0.15, 0.2) is 18.2 Å². The molecule has 82 valence electrons. The fourth-order valence-corrected chi connectivity index (χ4v) is 3.06. The second-order valence-electron chi connectivity index (χ2n) is 3.66. The average Bonchev–Trinajstić information content (AvgIpc) is 2.66. The van der Waals surface area contributed by atoms with Crippen LogP contribution in [-0.4, -0.2) is 23.7 Å². The Balaban J connectivity index is 2.43. The standard InChI is InChI=1S/C11H13FO2S/c1-14-9-4-2-3-8(10(9)12)11(13)5-6-15-7-11/h2-4,13H,5-7H2,1H3. The summed E-state index contributed by atoms with van der Waals surface area (Å²) in [6.45, 7) is 0. The zero-order chi connectivity index (χ0) is 10.9. The molecule has 0 spiro atoms. The SMILES string of the molecule is COc1cccc(C2(O)CCSC2)c1F. The maximum atomic E-state index is 13.9. The summed E-state index contributed by atoms with van der Waals surface area (Å²) in [5.74, 6) is 1.17. The van der Waals surface area contributed by atoms with E-state index in [1.165, 1.54) is 7.11 Å². The van der Waals surface area contributed by atoms with Gasteiger partial charge in [-0.25, -0.2) is 4.39 Å². The van der Waals surface area contributed by atoms with E-state index in [2.05, 4.69) is 0 Å². The van der Waals surface area contributed by atoms with Crippen LogP contribution in [0.4, 0.5) is 4.39 Å². The van der Waals surface area contributed by atoms with Crippen molar-refractivity contribution in [2.24, 2.45) is 0 Å². The molecule has 1 heterocycles. The van der Waals surface area contributed by atoms with Crippen molar-refractivity contribution in [2.45, 2.75) is 12.0 Å². The molecule has 1 fully saturated rings. The van der Waals surface area contributed by atoms with Crippen LogP contribution in [0.2, 0.25) is 0 Å². The van der Waals surface area contributed by atoms with Crippen LogP contribution in [0.1, 0.15) is 12.0 Å². The number of methoxy groups -OCH3 is 1. The molecule has 15 heavy (non-hydrogen) atoms. The first kappa shape index (κ1) is 10.8. The lowest BCUT2D eigenvalue weighted by Crippen LogP contribution is -2.26. The van der Waals surface area contributed by atoms with Gasteiger partial charge < -0.3 is 9.84 Å². The molecule has 0 radical (unpaired) electrons. The van der Waals surface area contributed by atoms with Gasteiger partial charge in [0.2, 0.25) is 0 Å². The van der Waals surface area contributed by atoms with E-state index in [0.717, 1.165) is 5.75 Å². The summed E-state index contributed by atoms with van der Waals surface area (Å²) in [6, 6.07) is 4.90. The predicted molar refractivity (Wildman–Crippen MR) is 58.8 cm³/mol. The summed E-state index contributed by atoms with van der Waals surface area (Å²) in [5.41, 5.74) is -0.671. The third kappa shape index (κ3) is 1.84. The minimum absolute atomic E-state index is 0.192. The normalized spacial score (nSPS) is 25.5. The lowest BCUT2D eigenvalue weighted by atomic mass is 9.93. The van der Waals surface area contributed by atoms with E-state index in [0.29, 0.717) is 17.7 Å². The number of thioether (sulfide) groups is 1. The highest BCUT2D eigenvalue weighted by molar-refractivity contribution is 7.99. The van der Waals surface area contributed by atoms with Crippen molar-refractivity contribution in [2.75, 3.05) is 18.6 Å². The van der Waals surface area contributed by atoms with Crippen molar-refractivity contribution < 1.29 is 14.2 Å². The largest absolute Gasteiger partial charge is 0.494 e. The van der Waals surface area contributed by atoms with Crippen LogP contribution in [-0.2, 0) is 5.60 Å². The molecule has 1 aromatic rings. The molecule has 1 aliphatic heterocycles. The van der Waals surface area contributed by atoms with Crippen LogP contribution in [0.25, 0.3) is 0 Å². The monoisotopic (exact) mass is 228 g/mol. The van der Waals surface area contributed by atoms with Crippen molar-refractivity contribution >= 4 is 11.8 Å². The van der Waals surface area contributed by atoms with Gasteiger partial charge in [-0.1, -0.05) is 12.1 Å². The highest BCUT2D eigenvalue weighted by Crippen LogP contribution is 2.39. The van der Waals surface area contributed by atoms with Gasteiger partial charge in [0, 0.05) is 11.3 Å². The number of rotatable bonds is 2. The highest BCUT2D eigenvalue weighted by Gasteiger charge is 2.36. The number of hydrogen-bond acceptors (Lipinski definition) is 3. The van der Waals surface area contributed by atoms with E-state index < -0.39 is 11.4 Å². The lowest BCUT2D eigenvalue weighted by molar-refractivity contribution is 0.0613. The smallest absolute Gasteiger partial charge is 0.171 e. The summed E-state index contributed by atoms with van der Waals surface area (Å²) >= 11 is 1.64. The van der Waals surface area contributed by atoms with E-state index in [-0.39, 0.29) is 5.75 Å². The van der Waals surface area contributed by atoms with Crippen molar-refractivity contribution in [3.8, 4) is 5.75 Å². The fraction of sp³-hybridized carbons (Fsp3) is 0.455. The third-order valence-corrected chi connectivity index (χ3v) is 3.86. The molecule has 1 aliphatic rings. The molecular formula is C11H13FO2S. The molecule has 0 amide bonds. The molecule has 0 saturated carbocycles. The predicted octanol–water partition coefficient (Wildman–Crippen LogP) is 2.16. The van der Waals surface area contributed by atoms with Gasteiger partial charge in [0.25, 0.3) is 0 Å². The van der Waals surface area contributed by atoms with Crippen LogP contribution in [0, 0.1) is 5.82 Å². The van der Waals surface area contributed by atoms with E-state index in [4.69, 9.17) is 4.74 Å². The summed E-state index contributed by atoms with van der Waals surface area (Å²) < 4.78 is 18.8. The lowest BCUT2D eigenvalue weighted by Gasteiger charge is -2.23. The summed E-state index contributed by atoms with van der Waals surface area (Å²) in [6.07, 6.45) is 0.599. The Bertz CT molecular complexity index is 362. The van der Waals surface area contributed by atoms with Gasteiger partial charge in [0.05, 0.1) is 7.11 Å². The number of ether oxygens (including phenoxy) is 1. The maximum Gasteiger partial charge on any atom is 0.171 e. The first-order chi connectivity index (χ1) is 7.17. The Morgan fingerprint density at radius 1 is 1.53 bits per heavy atom. The minimum atomic E-state index is -1.02. The first-order valence-corrected chi connectivity index (χ1v) is 5.96. The van der Waals surface area contributed by atoms with Crippen molar-refractivity contribution in [3.63, 3.8) is 0 Å².